The SMILES string of the molecule is C1=COOOC1.c1ccccc1. The van der Waals surface area contributed by atoms with Gasteiger partial charge in [0, 0.05) is 0 Å². The van der Waals surface area contributed by atoms with Crippen LogP contribution in [-0.2, 0) is 14.8 Å². The molecule has 0 unspecified atom stereocenters. The van der Waals surface area contributed by atoms with Crippen molar-refractivity contribution in [3.8, 4) is 0 Å². The fourth-order valence-electron chi connectivity index (χ4n) is 0.581. The van der Waals surface area contributed by atoms with Gasteiger partial charge in [-0.3, -0.25) is 0 Å². The van der Waals surface area contributed by atoms with Crippen molar-refractivity contribution in [2.75, 3.05) is 6.61 Å². The molecule has 0 aliphatic carbocycles. The second-order valence-corrected chi connectivity index (χ2v) is 1.98. The molecule has 0 saturated heterocycles. The van der Waals surface area contributed by atoms with E-state index in [1.807, 2.05) is 36.4 Å². The average molecular weight is 166 g/mol. The molecule has 0 fully saturated rings. The van der Waals surface area contributed by atoms with Gasteiger partial charge in [0.25, 0.3) is 0 Å². The van der Waals surface area contributed by atoms with Gasteiger partial charge in [-0.25, -0.2) is 0 Å². The molecule has 0 atom stereocenters. The van der Waals surface area contributed by atoms with Gasteiger partial charge < -0.3 is 4.89 Å². The molecule has 0 amide bonds. The molecule has 3 heteroatoms. The van der Waals surface area contributed by atoms with E-state index < -0.39 is 0 Å². The average Bonchev–Trinajstić information content (AvgIpc) is 2.24. The fourth-order valence-corrected chi connectivity index (χ4v) is 0.581. The number of hydrogen-bond donors (Lipinski definition) is 0. The van der Waals surface area contributed by atoms with Crippen molar-refractivity contribution in [3.05, 3.63) is 48.7 Å². The van der Waals surface area contributed by atoms with Crippen molar-refractivity contribution < 1.29 is 14.8 Å². The van der Waals surface area contributed by atoms with Crippen molar-refractivity contribution in [1.29, 1.82) is 0 Å². The van der Waals surface area contributed by atoms with Crippen LogP contribution >= 0.6 is 0 Å². The van der Waals surface area contributed by atoms with Crippen molar-refractivity contribution in [2.24, 2.45) is 0 Å². The van der Waals surface area contributed by atoms with Crippen LogP contribution in [0.4, 0.5) is 0 Å². The lowest BCUT2D eigenvalue weighted by Gasteiger charge is -1.99. The Bertz CT molecular complexity index is 174. The molecule has 0 saturated carbocycles. The summed E-state index contributed by atoms with van der Waals surface area (Å²) >= 11 is 0. The van der Waals surface area contributed by atoms with Crippen LogP contribution in [0, 0.1) is 0 Å². The minimum Gasteiger partial charge on any atom is -0.317 e. The molecule has 2 rings (SSSR count). The van der Waals surface area contributed by atoms with Crippen LogP contribution in [0.1, 0.15) is 0 Å². The van der Waals surface area contributed by atoms with E-state index in [1.165, 1.54) is 6.26 Å². The Morgan fingerprint density at radius 3 is 1.58 bits per heavy atom. The van der Waals surface area contributed by atoms with Gasteiger partial charge in [0.05, 0.1) is 0 Å². The van der Waals surface area contributed by atoms with Crippen molar-refractivity contribution in [2.45, 2.75) is 0 Å². The third-order valence-corrected chi connectivity index (χ3v) is 1.07. The van der Waals surface area contributed by atoms with Gasteiger partial charge in [0.1, 0.15) is 12.9 Å². The zero-order valence-corrected chi connectivity index (χ0v) is 6.55. The summed E-state index contributed by atoms with van der Waals surface area (Å²) in [5.41, 5.74) is 0. The van der Waals surface area contributed by atoms with E-state index in [2.05, 4.69) is 14.8 Å². The first kappa shape index (κ1) is 8.77. The van der Waals surface area contributed by atoms with Crippen LogP contribution in [0.3, 0.4) is 0 Å². The Labute approximate surface area is 71.0 Å². The van der Waals surface area contributed by atoms with E-state index in [4.69, 9.17) is 0 Å². The highest BCUT2D eigenvalue weighted by Crippen LogP contribution is 1.89. The number of benzene rings is 1. The topological polar surface area (TPSA) is 27.7 Å². The minimum atomic E-state index is 0.472. The molecular formula is C9H10O3. The molecule has 12 heavy (non-hydrogen) atoms. The van der Waals surface area contributed by atoms with Crippen LogP contribution < -0.4 is 0 Å². The van der Waals surface area contributed by atoms with Crippen LogP contribution in [0.2, 0.25) is 0 Å². The molecule has 1 aromatic rings. The predicted molar refractivity (Wildman–Crippen MR) is 43.7 cm³/mol. The van der Waals surface area contributed by atoms with Crippen LogP contribution in [-0.4, -0.2) is 6.61 Å². The highest BCUT2D eigenvalue weighted by molar-refractivity contribution is 4.99. The Hall–Kier alpha value is -1.32. The van der Waals surface area contributed by atoms with Gasteiger partial charge in [-0.2, -0.15) is 4.89 Å². The van der Waals surface area contributed by atoms with E-state index in [9.17, 15) is 0 Å². The molecule has 0 aromatic heterocycles. The maximum atomic E-state index is 4.26. The summed E-state index contributed by atoms with van der Waals surface area (Å²) in [6, 6.07) is 12.0. The van der Waals surface area contributed by atoms with Gasteiger partial charge in [-0.15, -0.1) is 0 Å². The molecule has 0 bridgehead atoms. The van der Waals surface area contributed by atoms with E-state index in [0.717, 1.165) is 0 Å². The molecule has 0 N–H and O–H groups in total. The summed E-state index contributed by atoms with van der Waals surface area (Å²) in [7, 11) is 0. The third-order valence-electron chi connectivity index (χ3n) is 1.07. The molecule has 3 nitrogen and oxygen atoms in total. The van der Waals surface area contributed by atoms with Gasteiger partial charge in [-0.05, 0) is 11.1 Å². The maximum absolute atomic E-state index is 4.26. The zero-order chi connectivity index (χ0) is 8.49. The minimum absolute atomic E-state index is 0.472. The lowest BCUT2D eigenvalue weighted by molar-refractivity contribution is -0.493. The highest BCUT2D eigenvalue weighted by atomic mass is 17.5. The first-order chi connectivity index (χ1) is 6.00. The normalized spacial score (nSPS) is 14.0. The van der Waals surface area contributed by atoms with Crippen molar-refractivity contribution in [3.63, 3.8) is 0 Å². The van der Waals surface area contributed by atoms with Crippen LogP contribution in [0.5, 0.6) is 0 Å². The monoisotopic (exact) mass is 166 g/mol. The first-order valence-electron chi connectivity index (χ1n) is 3.60. The number of hydrogen-bond acceptors (Lipinski definition) is 3. The summed E-state index contributed by atoms with van der Waals surface area (Å²) in [6.45, 7) is 0.472. The molecule has 0 radical (unpaired) electrons. The molecule has 0 spiro atoms. The molecule has 64 valence electrons. The van der Waals surface area contributed by atoms with Crippen molar-refractivity contribution in [1.82, 2.24) is 0 Å². The van der Waals surface area contributed by atoms with E-state index in [-0.39, 0.29) is 0 Å². The summed E-state index contributed by atoms with van der Waals surface area (Å²) in [6.07, 6.45) is 3.12. The predicted octanol–water partition coefficient (Wildman–Crippen LogP) is 2.08. The molecular weight excluding hydrogens is 156 g/mol. The largest absolute Gasteiger partial charge is 0.317 e. The first-order valence-corrected chi connectivity index (χ1v) is 3.60. The van der Waals surface area contributed by atoms with E-state index in [0.29, 0.717) is 6.61 Å². The Morgan fingerprint density at radius 2 is 1.42 bits per heavy atom. The quantitative estimate of drug-likeness (QED) is 0.552. The maximum Gasteiger partial charge on any atom is 0.131 e. The lowest BCUT2D eigenvalue weighted by Crippen LogP contribution is -1.96. The molecule has 1 heterocycles. The second kappa shape index (κ2) is 6.39. The van der Waals surface area contributed by atoms with Gasteiger partial charge in [0.2, 0.25) is 0 Å². The summed E-state index contributed by atoms with van der Waals surface area (Å²) < 4.78 is 0. The zero-order valence-electron chi connectivity index (χ0n) is 6.55. The summed E-state index contributed by atoms with van der Waals surface area (Å²) in [5, 5.41) is 3.98. The van der Waals surface area contributed by atoms with Gasteiger partial charge >= 0.3 is 0 Å². The van der Waals surface area contributed by atoms with E-state index >= 15 is 0 Å². The highest BCUT2D eigenvalue weighted by Gasteiger charge is 1.87. The molecule has 1 aromatic carbocycles. The summed E-state index contributed by atoms with van der Waals surface area (Å²) in [5.74, 6) is 0. The van der Waals surface area contributed by atoms with E-state index in [1.54, 1.807) is 6.08 Å². The second-order valence-electron chi connectivity index (χ2n) is 1.98. The van der Waals surface area contributed by atoms with Crippen LogP contribution in [0.15, 0.2) is 48.7 Å². The van der Waals surface area contributed by atoms with Gasteiger partial charge in [-0.1, -0.05) is 36.4 Å². The number of rotatable bonds is 0. The Balaban J connectivity index is 0.000000120. The Morgan fingerprint density at radius 1 is 0.833 bits per heavy atom. The standard InChI is InChI=1S/C6H6.C3H4O3/c2*1-2-4-6-5-3-1/h1-6H;1-2H,3H2. The Kier molecular flexibility index (Phi) is 4.67. The lowest BCUT2D eigenvalue weighted by atomic mass is 10.4. The van der Waals surface area contributed by atoms with Crippen LogP contribution in [0.25, 0.3) is 0 Å². The van der Waals surface area contributed by atoms with Crippen molar-refractivity contribution >= 4 is 0 Å². The van der Waals surface area contributed by atoms with Gasteiger partial charge in [0.15, 0.2) is 0 Å². The summed E-state index contributed by atoms with van der Waals surface area (Å²) in [4.78, 5) is 8.43. The fraction of sp³-hybridized carbons (Fsp3) is 0.111. The third kappa shape index (κ3) is 4.49. The molecule has 1 aliphatic heterocycles. The molecule has 1 aliphatic rings. The smallest absolute Gasteiger partial charge is 0.131 e.